The van der Waals surface area contributed by atoms with E-state index in [9.17, 15) is 4.79 Å². The first-order valence-corrected chi connectivity index (χ1v) is 11.1. The molecule has 0 bridgehead atoms. The van der Waals surface area contributed by atoms with Crippen LogP contribution in [0.3, 0.4) is 0 Å². The van der Waals surface area contributed by atoms with Crippen molar-refractivity contribution < 1.29 is 4.74 Å². The number of aromatic nitrogens is 2. The minimum absolute atomic E-state index is 0.233. The summed E-state index contributed by atoms with van der Waals surface area (Å²) in [4.78, 5) is 17.4. The fraction of sp³-hybridized carbons (Fsp3) is 0.318. The molecule has 3 aromatic rings. The Bertz CT molecular complexity index is 1130. The van der Waals surface area contributed by atoms with Gasteiger partial charge in [-0.2, -0.15) is 0 Å². The van der Waals surface area contributed by atoms with Crippen LogP contribution in [0.5, 0.6) is 5.75 Å². The van der Waals surface area contributed by atoms with Gasteiger partial charge in [-0.15, -0.1) is 0 Å². The lowest BCUT2D eigenvalue weighted by Crippen LogP contribution is -2.46. The van der Waals surface area contributed by atoms with Crippen LogP contribution in [-0.4, -0.2) is 47.6 Å². The monoisotopic (exact) mass is 480 g/mol. The Kier molecular flexibility index (Phi) is 6.53. The first-order valence-electron chi connectivity index (χ1n) is 9.92. The molecule has 1 fully saturated rings. The molecule has 1 saturated heterocycles. The van der Waals surface area contributed by atoms with E-state index >= 15 is 0 Å². The molecule has 9 heteroatoms. The molecule has 1 aromatic heterocycles. The Labute approximate surface area is 196 Å². The van der Waals surface area contributed by atoms with Crippen LogP contribution in [0.15, 0.2) is 47.3 Å². The van der Waals surface area contributed by atoms with Crippen LogP contribution in [0.4, 0.5) is 5.69 Å². The highest BCUT2D eigenvalue weighted by Gasteiger charge is 2.24. The molecular formula is C22H23Cl3N4O2. The summed E-state index contributed by atoms with van der Waals surface area (Å²) in [7, 11) is 3.52. The molecule has 2 aromatic carbocycles. The zero-order valence-corrected chi connectivity index (χ0v) is 19.6. The van der Waals surface area contributed by atoms with Crippen molar-refractivity contribution in [1.29, 1.82) is 0 Å². The van der Waals surface area contributed by atoms with Crippen LogP contribution < -0.4 is 15.2 Å². The minimum Gasteiger partial charge on any atom is -0.495 e. The number of ether oxygens (including phenoxy) is 1. The van der Waals surface area contributed by atoms with Gasteiger partial charge in [-0.25, -0.2) is 4.68 Å². The molecule has 0 aliphatic carbocycles. The molecular weight excluding hydrogens is 459 g/mol. The van der Waals surface area contributed by atoms with E-state index in [2.05, 4.69) is 9.80 Å². The number of hydrogen-bond acceptors (Lipinski definition) is 4. The molecule has 164 valence electrons. The fourth-order valence-electron chi connectivity index (χ4n) is 3.93. The van der Waals surface area contributed by atoms with Gasteiger partial charge < -0.3 is 9.64 Å². The highest BCUT2D eigenvalue weighted by Crippen LogP contribution is 2.32. The highest BCUT2D eigenvalue weighted by atomic mass is 35.5. The smallest absolute Gasteiger partial charge is 0.290 e. The van der Waals surface area contributed by atoms with Gasteiger partial charge in [0.1, 0.15) is 10.8 Å². The number of hydrogen-bond donors (Lipinski definition) is 0. The predicted octanol–water partition coefficient (Wildman–Crippen LogP) is 4.47. The van der Waals surface area contributed by atoms with Crippen LogP contribution in [0.1, 0.15) is 5.69 Å². The molecule has 0 atom stereocenters. The lowest BCUT2D eigenvalue weighted by molar-refractivity contribution is 0.242. The molecule has 1 aliphatic heterocycles. The summed E-state index contributed by atoms with van der Waals surface area (Å²) in [5, 5.41) is 1.55. The van der Waals surface area contributed by atoms with Gasteiger partial charge in [0.15, 0.2) is 0 Å². The van der Waals surface area contributed by atoms with Gasteiger partial charge in [0.2, 0.25) is 0 Å². The summed E-state index contributed by atoms with van der Waals surface area (Å²) in [6.07, 6.45) is 0. The summed E-state index contributed by atoms with van der Waals surface area (Å²) in [5.41, 5.74) is 2.27. The maximum atomic E-state index is 12.8. The largest absolute Gasteiger partial charge is 0.495 e. The molecule has 31 heavy (non-hydrogen) atoms. The Morgan fingerprint density at radius 2 is 1.58 bits per heavy atom. The van der Waals surface area contributed by atoms with Gasteiger partial charge in [-0.1, -0.05) is 34.8 Å². The molecule has 0 radical (unpaired) electrons. The van der Waals surface area contributed by atoms with Crippen LogP contribution in [-0.2, 0) is 13.6 Å². The van der Waals surface area contributed by atoms with Gasteiger partial charge in [-0.3, -0.25) is 14.4 Å². The van der Waals surface area contributed by atoms with Gasteiger partial charge in [0.25, 0.3) is 5.56 Å². The van der Waals surface area contributed by atoms with Crippen molar-refractivity contribution in [2.75, 3.05) is 38.2 Å². The van der Waals surface area contributed by atoms with Crippen molar-refractivity contribution in [3.05, 3.63) is 73.6 Å². The maximum absolute atomic E-state index is 12.8. The zero-order chi connectivity index (χ0) is 22.1. The molecule has 0 amide bonds. The third-order valence-corrected chi connectivity index (χ3v) is 6.49. The highest BCUT2D eigenvalue weighted by molar-refractivity contribution is 6.31. The molecule has 0 spiro atoms. The lowest BCUT2D eigenvalue weighted by atomic mass is 10.2. The average molecular weight is 482 g/mol. The van der Waals surface area contributed by atoms with Gasteiger partial charge in [0, 0.05) is 49.8 Å². The van der Waals surface area contributed by atoms with Gasteiger partial charge >= 0.3 is 0 Å². The van der Waals surface area contributed by atoms with Crippen molar-refractivity contribution in [2.24, 2.45) is 7.05 Å². The number of rotatable bonds is 5. The topological polar surface area (TPSA) is 42.6 Å². The summed E-state index contributed by atoms with van der Waals surface area (Å²) in [6, 6.07) is 12.8. The van der Waals surface area contributed by atoms with Crippen LogP contribution in [0.2, 0.25) is 15.1 Å². The first kappa shape index (κ1) is 22.1. The number of nitrogens with zero attached hydrogens (tertiary/aromatic N) is 4. The number of piperazine rings is 1. The second kappa shape index (κ2) is 9.17. The third kappa shape index (κ3) is 4.44. The van der Waals surface area contributed by atoms with E-state index in [1.54, 1.807) is 36.1 Å². The van der Waals surface area contributed by atoms with Crippen molar-refractivity contribution >= 4 is 40.5 Å². The normalized spacial score (nSPS) is 14.8. The quantitative estimate of drug-likeness (QED) is 0.539. The number of methoxy groups -OCH3 is 1. The van der Waals surface area contributed by atoms with Crippen molar-refractivity contribution in [1.82, 2.24) is 14.3 Å². The zero-order valence-electron chi connectivity index (χ0n) is 17.3. The Hall–Kier alpha value is -2.12. The number of benzene rings is 2. The fourth-order valence-corrected chi connectivity index (χ4v) is 4.48. The first-order chi connectivity index (χ1) is 14.9. The molecule has 1 aliphatic rings. The SMILES string of the molecule is COc1ccc(Cl)cc1N1CCN(Cc2c(Cl)c(=O)n(-c3ccc(Cl)cc3)n2C)CC1. The standard InChI is InChI=1S/C22H23Cl3N4O2/c1-26-19(21(25)22(30)29(26)17-6-3-15(23)4-7-17)14-27-9-11-28(12-10-27)18-13-16(24)5-8-20(18)31-2/h3-8,13H,9-12,14H2,1-2H3. The minimum atomic E-state index is -0.233. The summed E-state index contributed by atoms with van der Waals surface area (Å²) in [6.45, 7) is 3.88. The average Bonchev–Trinajstić information content (AvgIpc) is 2.98. The van der Waals surface area contributed by atoms with Crippen molar-refractivity contribution in [2.45, 2.75) is 6.54 Å². The summed E-state index contributed by atoms with van der Waals surface area (Å²) < 4.78 is 8.88. The van der Waals surface area contributed by atoms with Crippen molar-refractivity contribution in [3.63, 3.8) is 0 Å². The van der Waals surface area contributed by atoms with Crippen LogP contribution in [0, 0.1) is 0 Å². The van der Waals surface area contributed by atoms with E-state index in [4.69, 9.17) is 39.5 Å². The second-order valence-electron chi connectivity index (χ2n) is 7.46. The van der Waals surface area contributed by atoms with E-state index in [0.29, 0.717) is 16.6 Å². The Morgan fingerprint density at radius 3 is 2.23 bits per heavy atom. The van der Waals surface area contributed by atoms with E-state index in [1.807, 2.05) is 29.9 Å². The van der Waals surface area contributed by atoms with E-state index < -0.39 is 0 Å². The molecule has 4 rings (SSSR count). The molecule has 0 unspecified atom stereocenters. The van der Waals surface area contributed by atoms with Crippen LogP contribution in [0.25, 0.3) is 5.69 Å². The molecule has 0 N–H and O–H groups in total. The number of halogens is 3. The molecule has 2 heterocycles. The summed E-state index contributed by atoms with van der Waals surface area (Å²) >= 11 is 18.6. The lowest BCUT2D eigenvalue weighted by Gasteiger charge is -2.36. The Morgan fingerprint density at radius 1 is 0.935 bits per heavy atom. The van der Waals surface area contributed by atoms with E-state index in [-0.39, 0.29) is 10.6 Å². The molecule has 0 saturated carbocycles. The second-order valence-corrected chi connectivity index (χ2v) is 8.71. The predicted molar refractivity (Wildman–Crippen MR) is 127 cm³/mol. The van der Waals surface area contributed by atoms with Crippen molar-refractivity contribution in [3.8, 4) is 11.4 Å². The van der Waals surface area contributed by atoms with Gasteiger partial charge in [0.05, 0.1) is 24.2 Å². The van der Waals surface area contributed by atoms with Gasteiger partial charge in [-0.05, 0) is 42.5 Å². The maximum Gasteiger partial charge on any atom is 0.290 e. The van der Waals surface area contributed by atoms with E-state index in [1.165, 1.54) is 0 Å². The Balaban J connectivity index is 1.51. The number of anilines is 1. The van der Waals surface area contributed by atoms with E-state index in [0.717, 1.165) is 49.0 Å². The third-order valence-electron chi connectivity index (χ3n) is 5.62. The van der Waals surface area contributed by atoms with Crippen LogP contribution >= 0.6 is 34.8 Å². The molecule has 6 nitrogen and oxygen atoms in total. The summed E-state index contributed by atoms with van der Waals surface area (Å²) in [5.74, 6) is 0.809.